The largest absolute Gasteiger partial charge is 0.466 e. The summed E-state index contributed by atoms with van der Waals surface area (Å²) in [4.78, 5) is 15.0. The number of pyridine rings is 1. The number of alkyl halides is 2. The van der Waals surface area contributed by atoms with Gasteiger partial charge in [0.25, 0.3) is 6.43 Å². The Morgan fingerprint density at radius 3 is 2.78 bits per heavy atom. The fraction of sp³-hybridized carbons (Fsp3) is 0.417. The number of ether oxygens (including phenoxy) is 1. The molecule has 0 aromatic carbocycles. The number of hydrogen-bond donors (Lipinski definition) is 0. The van der Waals surface area contributed by atoms with Crippen molar-refractivity contribution in [3.8, 4) is 6.07 Å². The Morgan fingerprint density at radius 2 is 2.28 bits per heavy atom. The summed E-state index contributed by atoms with van der Waals surface area (Å²) in [6.07, 6.45) is -2.88. The highest BCUT2D eigenvalue weighted by atomic mass is 19.3. The van der Waals surface area contributed by atoms with Crippen LogP contribution in [0.1, 0.15) is 35.9 Å². The van der Waals surface area contributed by atoms with Crippen molar-refractivity contribution in [3.05, 3.63) is 28.6 Å². The van der Waals surface area contributed by atoms with E-state index in [4.69, 9.17) is 10.00 Å². The minimum atomic E-state index is -2.74. The van der Waals surface area contributed by atoms with Gasteiger partial charge in [0, 0.05) is 11.3 Å². The highest BCUT2D eigenvalue weighted by Crippen LogP contribution is 2.22. The number of carbonyl (C=O) groups is 1. The van der Waals surface area contributed by atoms with Crippen molar-refractivity contribution in [3.63, 3.8) is 0 Å². The average molecular weight is 254 g/mol. The van der Waals surface area contributed by atoms with Gasteiger partial charge < -0.3 is 4.74 Å². The van der Waals surface area contributed by atoms with E-state index in [2.05, 4.69) is 4.98 Å². The predicted molar refractivity (Wildman–Crippen MR) is 59.0 cm³/mol. The maximum absolute atomic E-state index is 12.5. The van der Waals surface area contributed by atoms with Crippen LogP contribution in [0.4, 0.5) is 8.78 Å². The lowest BCUT2D eigenvalue weighted by Crippen LogP contribution is -2.11. The van der Waals surface area contributed by atoms with Gasteiger partial charge in [-0.05, 0) is 19.9 Å². The number of aromatic nitrogens is 1. The van der Waals surface area contributed by atoms with Crippen molar-refractivity contribution in [1.29, 1.82) is 5.26 Å². The summed E-state index contributed by atoms with van der Waals surface area (Å²) in [7, 11) is 0. The molecule has 0 aliphatic carbocycles. The molecule has 0 spiro atoms. The van der Waals surface area contributed by atoms with Crippen LogP contribution in [0, 0.1) is 18.3 Å². The van der Waals surface area contributed by atoms with Gasteiger partial charge in [0.1, 0.15) is 5.69 Å². The van der Waals surface area contributed by atoms with Gasteiger partial charge in [-0.1, -0.05) is 0 Å². The normalized spacial score (nSPS) is 10.2. The molecule has 0 saturated heterocycles. The maximum atomic E-state index is 12.5. The van der Waals surface area contributed by atoms with Gasteiger partial charge in [-0.2, -0.15) is 5.26 Å². The Morgan fingerprint density at radius 1 is 1.61 bits per heavy atom. The first kappa shape index (κ1) is 14.0. The third-order valence-electron chi connectivity index (χ3n) is 2.32. The van der Waals surface area contributed by atoms with Crippen molar-refractivity contribution >= 4 is 5.97 Å². The Balaban J connectivity index is 3.12. The summed E-state index contributed by atoms with van der Waals surface area (Å²) >= 11 is 0. The van der Waals surface area contributed by atoms with E-state index in [0.717, 1.165) is 6.07 Å². The first-order chi connectivity index (χ1) is 8.49. The van der Waals surface area contributed by atoms with Crippen molar-refractivity contribution in [1.82, 2.24) is 4.98 Å². The fourth-order valence-electron chi connectivity index (χ4n) is 1.51. The third kappa shape index (κ3) is 3.23. The van der Waals surface area contributed by atoms with Gasteiger partial charge >= 0.3 is 5.97 Å². The van der Waals surface area contributed by atoms with E-state index < -0.39 is 18.1 Å². The van der Waals surface area contributed by atoms with Gasteiger partial charge in [-0.3, -0.25) is 9.78 Å². The van der Waals surface area contributed by atoms with E-state index in [1.54, 1.807) is 13.0 Å². The van der Waals surface area contributed by atoms with Crippen LogP contribution in [0.5, 0.6) is 0 Å². The van der Waals surface area contributed by atoms with E-state index in [9.17, 15) is 13.6 Å². The summed E-state index contributed by atoms with van der Waals surface area (Å²) in [6.45, 7) is 3.37. The molecule has 0 unspecified atom stereocenters. The second-order valence-electron chi connectivity index (χ2n) is 3.55. The molecule has 0 atom stereocenters. The zero-order valence-corrected chi connectivity index (χ0v) is 10.0. The van der Waals surface area contributed by atoms with Crippen LogP contribution in [0.15, 0.2) is 6.07 Å². The molecule has 96 valence electrons. The van der Waals surface area contributed by atoms with Gasteiger partial charge in [-0.15, -0.1) is 0 Å². The summed E-state index contributed by atoms with van der Waals surface area (Å²) in [5.74, 6) is -0.510. The topological polar surface area (TPSA) is 63.0 Å². The minimum absolute atomic E-state index is 0.0332. The molecule has 6 heteroatoms. The Labute approximate surface area is 103 Å². The zero-order chi connectivity index (χ0) is 13.7. The quantitative estimate of drug-likeness (QED) is 0.773. The van der Waals surface area contributed by atoms with E-state index in [1.807, 2.05) is 0 Å². The molecule has 0 fully saturated rings. The number of esters is 1. The first-order valence-electron chi connectivity index (χ1n) is 5.33. The van der Waals surface area contributed by atoms with Crippen LogP contribution in [0.3, 0.4) is 0 Å². The van der Waals surface area contributed by atoms with E-state index in [0.29, 0.717) is 5.56 Å². The molecule has 1 heterocycles. The number of nitriles is 1. The predicted octanol–water partition coefficient (Wildman–Crippen LogP) is 2.30. The lowest BCUT2D eigenvalue weighted by Gasteiger charge is -2.09. The third-order valence-corrected chi connectivity index (χ3v) is 2.32. The number of aryl methyl sites for hydroxylation is 1. The van der Waals surface area contributed by atoms with Crippen molar-refractivity contribution < 1.29 is 18.3 Å². The summed E-state index contributed by atoms with van der Waals surface area (Å²) in [5.41, 5.74) is 0.153. The molecule has 18 heavy (non-hydrogen) atoms. The SMILES string of the molecule is CCOC(=O)Cc1c(C#N)cc(C(F)F)nc1C. The first-order valence-corrected chi connectivity index (χ1v) is 5.33. The van der Waals surface area contributed by atoms with Crippen LogP contribution in [-0.4, -0.2) is 17.6 Å². The van der Waals surface area contributed by atoms with Crippen LogP contribution in [0.2, 0.25) is 0 Å². The van der Waals surface area contributed by atoms with Crippen molar-refractivity contribution in [2.24, 2.45) is 0 Å². The molecular weight excluding hydrogens is 242 g/mol. The summed E-state index contributed by atoms with van der Waals surface area (Å²) < 4.78 is 29.8. The number of carbonyl (C=O) groups excluding carboxylic acids is 1. The smallest absolute Gasteiger partial charge is 0.310 e. The van der Waals surface area contributed by atoms with Crippen LogP contribution >= 0.6 is 0 Å². The van der Waals surface area contributed by atoms with Crippen LogP contribution in [-0.2, 0) is 16.0 Å². The van der Waals surface area contributed by atoms with E-state index in [1.165, 1.54) is 6.92 Å². The van der Waals surface area contributed by atoms with Gasteiger partial charge in [0.15, 0.2) is 0 Å². The molecular formula is C12H12F2N2O2. The molecule has 0 radical (unpaired) electrons. The number of rotatable bonds is 4. The maximum Gasteiger partial charge on any atom is 0.310 e. The summed E-state index contributed by atoms with van der Waals surface area (Å²) in [6, 6.07) is 2.80. The Kier molecular flexibility index (Phi) is 4.72. The van der Waals surface area contributed by atoms with Gasteiger partial charge in [0.2, 0.25) is 0 Å². The second kappa shape index (κ2) is 6.05. The highest BCUT2D eigenvalue weighted by Gasteiger charge is 2.17. The minimum Gasteiger partial charge on any atom is -0.466 e. The molecule has 1 rings (SSSR count). The van der Waals surface area contributed by atoms with Crippen molar-refractivity contribution in [2.75, 3.05) is 6.61 Å². The molecule has 0 bridgehead atoms. The molecule has 0 N–H and O–H groups in total. The number of halogens is 2. The standard InChI is InChI=1S/C12H12F2N2O2/c1-3-18-11(17)5-9-7(2)16-10(12(13)14)4-8(9)6-15/h4,12H,3,5H2,1-2H3. The van der Waals surface area contributed by atoms with Crippen LogP contribution < -0.4 is 0 Å². The number of nitrogens with zero attached hydrogens (tertiary/aromatic N) is 2. The molecule has 0 saturated carbocycles. The second-order valence-corrected chi connectivity index (χ2v) is 3.55. The van der Waals surface area contributed by atoms with Gasteiger partial charge in [0.05, 0.1) is 24.7 Å². The molecule has 0 aliphatic heterocycles. The molecule has 0 amide bonds. The van der Waals surface area contributed by atoms with Gasteiger partial charge in [-0.25, -0.2) is 8.78 Å². The summed E-state index contributed by atoms with van der Waals surface area (Å²) in [5, 5.41) is 8.92. The Hall–Kier alpha value is -2.03. The number of hydrogen-bond acceptors (Lipinski definition) is 4. The highest BCUT2D eigenvalue weighted by molar-refractivity contribution is 5.74. The zero-order valence-electron chi connectivity index (χ0n) is 10.0. The molecule has 1 aromatic rings. The monoisotopic (exact) mass is 254 g/mol. The average Bonchev–Trinajstić information content (AvgIpc) is 2.31. The molecule has 4 nitrogen and oxygen atoms in total. The Bertz CT molecular complexity index is 496. The van der Waals surface area contributed by atoms with E-state index >= 15 is 0 Å². The molecule has 0 aliphatic rings. The van der Waals surface area contributed by atoms with Crippen LogP contribution in [0.25, 0.3) is 0 Å². The lowest BCUT2D eigenvalue weighted by molar-refractivity contribution is -0.142. The van der Waals surface area contributed by atoms with E-state index in [-0.39, 0.29) is 24.3 Å². The lowest BCUT2D eigenvalue weighted by atomic mass is 10.0. The fourth-order valence-corrected chi connectivity index (χ4v) is 1.51. The molecule has 1 aromatic heterocycles. The van der Waals surface area contributed by atoms with Crippen molar-refractivity contribution in [2.45, 2.75) is 26.7 Å².